The lowest BCUT2D eigenvalue weighted by Gasteiger charge is -2.24. The number of likely N-dealkylation sites (N-methyl/N-ethyl adjacent to an activating group) is 1. The largest absolute Gasteiger partial charge is 0.355 e. The van der Waals surface area contributed by atoms with Gasteiger partial charge in [-0.3, -0.25) is 14.9 Å². The SMILES string of the molecule is CCN1CCCC1CNC(=NC)NCc1ncccc1C.I. The zero-order valence-electron chi connectivity index (χ0n) is 13.8. The second-order valence-corrected chi connectivity index (χ2v) is 5.50. The number of pyridine rings is 1. The third-order valence-electron chi connectivity index (χ3n) is 4.18. The summed E-state index contributed by atoms with van der Waals surface area (Å²) in [5, 5.41) is 6.78. The molecular weight excluding hydrogens is 389 g/mol. The first-order valence-corrected chi connectivity index (χ1v) is 7.83. The maximum atomic E-state index is 4.39. The standard InChI is InChI=1S/C16H27N5.HI/c1-4-21-10-6-8-14(21)11-19-16(17-3)20-12-15-13(2)7-5-9-18-15;/h5,7,9,14H,4,6,8,10-12H2,1-3H3,(H2,17,19,20);1H. The molecule has 0 radical (unpaired) electrons. The second-order valence-electron chi connectivity index (χ2n) is 5.50. The number of hydrogen-bond acceptors (Lipinski definition) is 3. The second kappa shape index (κ2) is 9.99. The Balaban J connectivity index is 0.00000242. The van der Waals surface area contributed by atoms with Gasteiger partial charge in [0.2, 0.25) is 0 Å². The van der Waals surface area contributed by atoms with Crippen LogP contribution in [0.4, 0.5) is 0 Å². The lowest BCUT2D eigenvalue weighted by atomic mass is 10.2. The molecule has 0 saturated carbocycles. The minimum Gasteiger partial charge on any atom is -0.355 e. The van der Waals surface area contributed by atoms with Crippen molar-refractivity contribution in [2.24, 2.45) is 4.99 Å². The van der Waals surface area contributed by atoms with Gasteiger partial charge in [0.1, 0.15) is 0 Å². The molecule has 1 aliphatic rings. The summed E-state index contributed by atoms with van der Waals surface area (Å²) in [6, 6.07) is 4.67. The average Bonchev–Trinajstić information content (AvgIpc) is 2.96. The maximum Gasteiger partial charge on any atom is 0.191 e. The Kier molecular flexibility index (Phi) is 8.70. The van der Waals surface area contributed by atoms with Crippen LogP contribution in [0.5, 0.6) is 0 Å². The molecule has 1 aromatic heterocycles. The van der Waals surface area contributed by atoms with Crippen LogP contribution in [0.1, 0.15) is 31.0 Å². The van der Waals surface area contributed by atoms with E-state index in [1.165, 1.54) is 24.9 Å². The summed E-state index contributed by atoms with van der Waals surface area (Å²) in [6.45, 7) is 8.32. The van der Waals surface area contributed by atoms with Gasteiger partial charge in [0.15, 0.2) is 5.96 Å². The molecule has 6 heteroatoms. The molecule has 0 aromatic carbocycles. The van der Waals surface area contributed by atoms with Gasteiger partial charge in [-0.1, -0.05) is 13.0 Å². The number of halogens is 1. The van der Waals surface area contributed by atoms with Gasteiger partial charge in [-0.15, -0.1) is 24.0 Å². The summed E-state index contributed by atoms with van der Waals surface area (Å²) >= 11 is 0. The number of guanidine groups is 1. The third kappa shape index (κ3) is 5.39. The molecule has 1 atom stereocenters. The molecule has 2 rings (SSSR count). The topological polar surface area (TPSA) is 52.5 Å². The summed E-state index contributed by atoms with van der Waals surface area (Å²) in [5.41, 5.74) is 2.27. The molecule has 1 aliphatic heterocycles. The first kappa shape index (κ1) is 19.2. The lowest BCUT2D eigenvalue weighted by molar-refractivity contribution is 0.267. The van der Waals surface area contributed by atoms with Crippen LogP contribution in [-0.4, -0.2) is 48.6 Å². The van der Waals surface area contributed by atoms with Crippen LogP contribution in [0.25, 0.3) is 0 Å². The van der Waals surface area contributed by atoms with Crippen molar-refractivity contribution in [2.45, 2.75) is 39.3 Å². The van der Waals surface area contributed by atoms with E-state index >= 15 is 0 Å². The third-order valence-corrected chi connectivity index (χ3v) is 4.18. The van der Waals surface area contributed by atoms with Gasteiger partial charge in [0.25, 0.3) is 0 Å². The number of likely N-dealkylation sites (tertiary alicyclic amines) is 1. The highest BCUT2D eigenvalue weighted by molar-refractivity contribution is 14.0. The highest BCUT2D eigenvalue weighted by Crippen LogP contribution is 2.15. The van der Waals surface area contributed by atoms with Crippen molar-refractivity contribution in [1.29, 1.82) is 0 Å². The van der Waals surface area contributed by atoms with Crippen LogP contribution in [-0.2, 0) is 6.54 Å². The molecule has 0 aliphatic carbocycles. The van der Waals surface area contributed by atoms with E-state index in [2.05, 4.69) is 45.4 Å². The van der Waals surface area contributed by atoms with E-state index in [0.29, 0.717) is 12.6 Å². The number of aromatic nitrogens is 1. The molecule has 1 aromatic rings. The first-order chi connectivity index (χ1) is 10.2. The fourth-order valence-corrected chi connectivity index (χ4v) is 2.85. The zero-order valence-corrected chi connectivity index (χ0v) is 16.1. The Morgan fingerprint density at radius 3 is 2.95 bits per heavy atom. The Labute approximate surface area is 151 Å². The Morgan fingerprint density at radius 1 is 1.45 bits per heavy atom. The van der Waals surface area contributed by atoms with E-state index < -0.39 is 0 Å². The fraction of sp³-hybridized carbons (Fsp3) is 0.625. The molecule has 124 valence electrons. The van der Waals surface area contributed by atoms with Gasteiger partial charge in [-0.25, -0.2) is 0 Å². The van der Waals surface area contributed by atoms with Crippen LogP contribution >= 0.6 is 24.0 Å². The van der Waals surface area contributed by atoms with Crippen molar-refractivity contribution >= 4 is 29.9 Å². The van der Waals surface area contributed by atoms with Crippen molar-refractivity contribution in [1.82, 2.24) is 20.5 Å². The Hall–Kier alpha value is -0.890. The van der Waals surface area contributed by atoms with Crippen molar-refractivity contribution in [3.8, 4) is 0 Å². The molecule has 2 heterocycles. The van der Waals surface area contributed by atoms with Crippen LogP contribution in [0, 0.1) is 6.92 Å². The van der Waals surface area contributed by atoms with E-state index in [4.69, 9.17) is 0 Å². The van der Waals surface area contributed by atoms with Gasteiger partial charge in [0.05, 0.1) is 12.2 Å². The van der Waals surface area contributed by atoms with Crippen molar-refractivity contribution in [3.63, 3.8) is 0 Å². The maximum absolute atomic E-state index is 4.39. The molecule has 0 amide bonds. The van der Waals surface area contributed by atoms with Crippen LogP contribution in [0.3, 0.4) is 0 Å². The Bertz CT molecular complexity index is 477. The lowest BCUT2D eigenvalue weighted by Crippen LogP contribution is -2.44. The molecule has 1 unspecified atom stereocenters. The normalized spacial score (nSPS) is 18.9. The fourth-order valence-electron chi connectivity index (χ4n) is 2.85. The van der Waals surface area contributed by atoms with Gasteiger partial charge in [0, 0.05) is 25.8 Å². The summed E-state index contributed by atoms with van der Waals surface area (Å²) in [4.78, 5) is 11.2. The van der Waals surface area contributed by atoms with E-state index in [9.17, 15) is 0 Å². The highest BCUT2D eigenvalue weighted by atomic mass is 127. The van der Waals surface area contributed by atoms with Gasteiger partial charge < -0.3 is 10.6 Å². The van der Waals surface area contributed by atoms with Crippen molar-refractivity contribution in [3.05, 3.63) is 29.6 Å². The number of hydrogen-bond donors (Lipinski definition) is 2. The van der Waals surface area contributed by atoms with Crippen molar-refractivity contribution in [2.75, 3.05) is 26.7 Å². The van der Waals surface area contributed by atoms with Crippen LogP contribution in [0.15, 0.2) is 23.3 Å². The monoisotopic (exact) mass is 417 g/mol. The first-order valence-electron chi connectivity index (χ1n) is 7.83. The minimum atomic E-state index is 0. The summed E-state index contributed by atoms with van der Waals surface area (Å²) in [6.07, 6.45) is 4.41. The smallest absolute Gasteiger partial charge is 0.191 e. The predicted molar refractivity (Wildman–Crippen MR) is 103 cm³/mol. The van der Waals surface area contributed by atoms with Crippen LogP contribution < -0.4 is 10.6 Å². The quantitative estimate of drug-likeness (QED) is 0.438. The molecule has 0 bridgehead atoms. The average molecular weight is 417 g/mol. The van der Waals surface area contributed by atoms with E-state index in [-0.39, 0.29) is 24.0 Å². The van der Waals surface area contributed by atoms with Gasteiger partial charge in [-0.05, 0) is 44.5 Å². The Morgan fingerprint density at radius 2 is 2.27 bits per heavy atom. The van der Waals surface area contributed by atoms with Gasteiger partial charge in [-0.2, -0.15) is 0 Å². The number of aryl methyl sites for hydroxylation is 1. The minimum absolute atomic E-state index is 0. The number of aliphatic imine (C=N–C) groups is 1. The molecule has 1 fully saturated rings. The van der Waals surface area contributed by atoms with Gasteiger partial charge >= 0.3 is 0 Å². The van der Waals surface area contributed by atoms with Crippen molar-refractivity contribution < 1.29 is 0 Å². The van der Waals surface area contributed by atoms with Crippen LogP contribution in [0.2, 0.25) is 0 Å². The summed E-state index contributed by atoms with van der Waals surface area (Å²) < 4.78 is 0. The molecule has 1 saturated heterocycles. The van der Waals surface area contributed by atoms with E-state index in [1.54, 1.807) is 0 Å². The number of nitrogens with one attached hydrogen (secondary N) is 2. The number of rotatable bonds is 5. The summed E-state index contributed by atoms with van der Waals surface area (Å²) in [7, 11) is 1.81. The van der Waals surface area contributed by atoms with E-state index in [0.717, 1.165) is 24.7 Å². The zero-order chi connectivity index (χ0) is 15.1. The summed E-state index contributed by atoms with van der Waals surface area (Å²) in [5.74, 6) is 0.850. The predicted octanol–water partition coefficient (Wildman–Crippen LogP) is 2.16. The molecule has 5 nitrogen and oxygen atoms in total. The molecule has 2 N–H and O–H groups in total. The number of nitrogens with zero attached hydrogens (tertiary/aromatic N) is 3. The molecule has 0 spiro atoms. The highest BCUT2D eigenvalue weighted by Gasteiger charge is 2.22. The molecular formula is C16H28IN5. The van der Waals surface area contributed by atoms with E-state index in [1.807, 2.05) is 19.3 Å². The molecule has 22 heavy (non-hydrogen) atoms.